The molecule has 0 N–H and O–H groups in total. The molecule has 0 amide bonds. The van der Waals surface area contributed by atoms with Crippen molar-refractivity contribution in [2.75, 3.05) is 0 Å². The van der Waals surface area contributed by atoms with E-state index < -0.39 is 5.82 Å². The van der Waals surface area contributed by atoms with Crippen LogP contribution in [0.5, 0.6) is 0 Å². The summed E-state index contributed by atoms with van der Waals surface area (Å²) in [6.45, 7) is 4.12. The number of benzene rings is 1. The summed E-state index contributed by atoms with van der Waals surface area (Å²) in [6, 6.07) is 4.46. The number of hydrogen-bond acceptors (Lipinski definition) is 2. The zero-order chi connectivity index (χ0) is 13.3. The molecule has 96 valence electrons. The van der Waals surface area contributed by atoms with E-state index in [1.54, 1.807) is 13.0 Å². The number of halogens is 2. The molecular weight excluding hydrogens is 257 g/mol. The third kappa shape index (κ3) is 2.18. The minimum absolute atomic E-state index is 0.0934. The van der Waals surface area contributed by atoms with Gasteiger partial charge in [0.25, 0.3) is 0 Å². The summed E-state index contributed by atoms with van der Waals surface area (Å²) in [6.07, 6.45) is 0. The Balaban J connectivity index is 2.47. The van der Waals surface area contributed by atoms with E-state index in [0.29, 0.717) is 23.0 Å². The second-order valence-corrected chi connectivity index (χ2v) is 4.34. The maximum absolute atomic E-state index is 13.7. The molecule has 1 aromatic carbocycles. The van der Waals surface area contributed by atoms with Gasteiger partial charge in [0.05, 0.1) is 6.54 Å². The first-order valence-electron chi connectivity index (χ1n) is 5.61. The molecule has 0 aliphatic rings. The van der Waals surface area contributed by atoms with Gasteiger partial charge in [0, 0.05) is 17.1 Å². The molecule has 0 radical (unpaired) electrons. The predicted octanol–water partition coefficient (Wildman–Crippen LogP) is 2.21. The number of rotatable bonds is 3. The molecule has 0 aliphatic carbocycles. The fourth-order valence-electron chi connectivity index (χ4n) is 1.78. The Labute approximate surface area is 109 Å². The Kier molecular flexibility index (Phi) is 3.52. The van der Waals surface area contributed by atoms with Gasteiger partial charge in [-0.25, -0.2) is 13.9 Å². The lowest BCUT2D eigenvalue weighted by Crippen LogP contribution is -2.25. The Hall–Kier alpha value is -1.62. The molecule has 0 unspecified atom stereocenters. The topological polar surface area (TPSA) is 39.8 Å². The van der Waals surface area contributed by atoms with Crippen LogP contribution in [0.2, 0.25) is 5.02 Å². The molecule has 0 fully saturated rings. The SMILES string of the molecule is CCn1nc(C)n(Cc2c(F)cccc2Cl)c1=O. The van der Waals surface area contributed by atoms with Crippen LogP contribution >= 0.6 is 11.6 Å². The van der Waals surface area contributed by atoms with Crippen LogP contribution in [-0.4, -0.2) is 14.3 Å². The fraction of sp³-hybridized carbons (Fsp3) is 0.333. The zero-order valence-corrected chi connectivity index (χ0v) is 10.9. The van der Waals surface area contributed by atoms with Crippen LogP contribution in [0.1, 0.15) is 18.3 Å². The van der Waals surface area contributed by atoms with E-state index in [9.17, 15) is 9.18 Å². The molecule has 6 heteroatoms. The normalized spacial score (nSPS) is 10.9. The molecule has 0 saturated carbocycles. The molecule has 0 bridgehead atoms. The average molecular weight is 270 g/mol. The summed E-state index contributed by atoms with van der Waals surface area (Å²) in [4.78, 5) is 11.9. The van der Waals surface area contributed by atoms with Crippen molar-refractivity contribution in [2.45, 2.75) is 26.9 Å². The summed E-state index contributed by atoms with van der Waals surface area (Å²) in [7, 11) is 0. The van der Waals surface area contributed by atoms with Gasteiger partial charge in [-0.1, -0.05) is 17.7 Å². The first-order chi connectivity index (χ1) is 8.54. The molecule has 18 heavy (non-hydrogen) atoms. The standard InChI is InChI=1S/C12H13ClFN3O/c1-3-17-12(18)16(8(2)15-17)7-9-10(13)5-4-6-11(9)14/h4-6H,3,7H2,1-2H3. The van der Waals surface area contributed by atoms with Crippen molar-refractivity contribution >= 4 is 11.6 Å². The van der Waals surface area contributed by atoms with Crippen molar-refractivity contribution in [3.63, 3.8) is 0 Å². The predicted molar refractivity (Wildman–Crippen MR) is 67.4 cm³/mol. The largest absolute Gasteiger partial charge is 0.346 e. The quantitative estimate of drug-likeness (QED) is 0.857. The van der Waals surface area contributed by atoms with Crippen LogP contribution in [0, 0.1) is 12.7 Å². The van der Waals surface area contributed by atoms with Crippen molar-refractivity contribution in [1.29, 1.82) is 0 Å². The van der Waals surface area contributed by atoms with Crippen molar-refractivity contribution < 1.29 is 4.39 Å². The molecule has 0 atom stereocenters. The van der Waals surface area contributed by atoms with Crippen LogP contribution in [0.15, 0.2) is 23.0 Å². The number of aromatic nitrogens is 3. The Morgan fingerprint density at radius 2 is 2.17 bits per heavy atom. The van der Waals surface area contributed by atoms with Gasteiger partial charge in [-0.2, -0.15) is 5.10 Å². The minimum Gasteiger partial charge on any atom is -0.274 e. The van der Waals surface area contributed by atoms with E-state index in [-0.39, 0.29) is 12.2 Å². The van der Waals surface area contributed by atoms with E-state index in [0.717, 1.165) is 0 Å². The van der Waals surface area contributed by atoms with Gasteiger partial charge in [0.15, 0.2) is 0 Å². The summed E-state index contributed by atoms with van der Waals surface area (Å²) in [5.41, 5.74) is 0.0503. The van der Waals surface area contributed by atoms with Crippen LogP contribution in [0.3, 0.4) is 0 Å². The lowest BCUT2D eigenvalue weighted by atomic mass is 10.2. The smallest absolute Gasteiger partial charge is 0.274 e. The highest BCUT2D eigenvalue weighted by Gasteiger charge is 2.13. The summed E-state index contributed by atoms with van der Waals surface area (Å²) < 4.78 is 16.4. The van der Waals surface area contributed by atoms with E-state index >= 15 is 0 Å². The van der Waals surface area contributed by atoms with Crippen molar-refractivity contribution in [3.8, 4) is 0 Å². The zero-order valence-electron chi connectivity index (χ0n) is 10.2. The van der Waals surface area contributed by atoms with Gasteiger partial charge in [-0.05, 0) is 26.0 Å². The molecule has 0 spiro atoms. The molecule has 2 rings (SSSR count). The summed E-state index contributed by atoms with van der Waals surface area (Å²) >= 11 is 5.94. The van der Waals surface area contributed by atoms with Gasteiger partial charge in [-0.3, -0.25) is 4.57 Å². The Bertz CT molecular complexity index is 612. The van der Waals surface area contributed by atoms with E-state index in [1.807, 2.05) is 6.92 Å². The number of hydrogen-bond donors (Lipinski definition) is 0. The van der Waals surface area contributed by atoms with Gasteiger partial charge >= 0.3 is 5.69 Å². The second kappa shape index (κ2) is 4.94. The molecule has 0 aliphatic heterocycles. The van der Waals surface area contributed by atoms with E-state index in [1.165, 1.54) is 21.4 Å². The highest BCUT2D eigenvalue weighted by molar-refractivity contribution is 6.31. The lowest BCUT2D eigenvalue weighted by Gasteiger charge is -2.06. The van der Waals surface area contributed by atoms with Crippen LogP contribution < -0.4 is 5.69 Å². The Morgan fingerprint density at radius 1 is 1.44 bits per heavy atom. The molecule has 1 aromatic heterocycles. The van der Waals surface area contributed by atoms with Crippen LogP contribution in [0.25, 0.3) is 0 Å². The van der Waals surface area contributed by atoms with Gasteiger partial charge in [-0.15, -0.1) is 0 Å². The number of aryl methyl sites for hydroxylation is 2. The van der Waals surface area contributed by atoms with Gasteiger partial charge in [0.2, 0.25) is 0 Å². The molecule has 1 heterocycles. The number of nitrogens with zero attached hydrogens (tertiary/aromatic N) is 3. The fourth-order valence-corrected chi connectivity index (χ4v) is 2.00. The first-order valence-corrected chi connectivity index (χ1v) is 5.99. The van der Waals surface area contributed by atoms with Crippen molar-refractivity contribution in [1.82, 2.24) is 14.3 Å². The first kappa shape index (κ1) is 12.8. The third-order valence-corrected chi connectivity index (χ3v) is 3.14. The Morgan fingerprint density at radius 3 is 2.72 bits per heavy atom. The van der Waals surface area contributed by atoms with Crippen LogP contribution in [0.4, 0.5) is 4.39 Å². The second-order valence-electron chi connectivity index (χ2n) is 3.93. The molecular formula is C12H13ClFN3O. The highest BCUT2D eigenvalue weighted by Crippen LogP contribution is 2.19. The van der Waals surface area contributed by atoms with E-state index in [4.69, 9.17) is 11.6 Å². The monoisotopic (exact) mass is 269 g/mol. The third-order valence-electron chi connectivity index (χ3n) is 2.79. The van der Waals surface area contributed by atoms with Crippen molar-refractivity contribution in [2.24, 2.45) is 0 Å². The van der Waals surface area contributed by atoms with E-state index in [2.05, 4.69) is 5.10 Å². The molecule has 0 saturated heterocycles. The maximum atomic E-state index is 13.7. The molecule has 4 nitrogen and oxygen atoms in total. The highest BCUT2D eigenvalue weighted by atomic mass is 35.5. The summed E-state index contributed by atoms with van der Waals surface area (Å²) in [5.74, 6) is 0.124. The van der Waals surface area contributed by atoms with Crippen LogP contribution in [-0.2, 0) is 13.1 Å². The van der Waals surface area contributed by atoms with Crippen molar-refractivity contribution in [3.05, 3.63) is 50.9 Å². The lowest BCUT2D eigenvalue weighted by molar-refractivity contribution is 0.585. The molecule has 2 aromatic rings. The van der Waals surface area contributed by atoms with Gasteiger partial charge in [0.1, 0.15) is 11.6 Å². The average Bonchev–Trinajstić information content (AvgIpc) is 2.60. The van der Waals surface area contributed by atoms with Gasteiger partial charge < -0.3 is 0 Å². The minimum atomic E-state index is -0.418. The summed E-state index contributed by atoms with van der Waals surface area (Å²) in [5, 5.41) is 4.40. The maximum Gasteiger partial charge on any atom is 0.346 e.